The van der Waals surface area contributed by atoms with Gasteiger partial charge in [0.05, 0.1) is 11.5 Å². The highest BCUT2D eigenvalue weighted by molar-refractivity contribution is 5.60. The van der Waals surface area contributed by atoms with E-state index >= 15 is 0 Å². The summed E-state index contributed by atoms with van der Waals surface area (Å²) < 4.78 is 5.30. The highest BCUT2D eigenvalue weighted by Crippen LogP contribution is 2.23. The number of rotatable bonds is 6. The molecule has 1 aromatic carbocycles. The van der Waals surface area contributed by atoms with Gasteiger partial charge in [0.2, 0.25) is 5.95 Å². The molecule has 1 heterocycles. The second kappa shape index (κ2) is 6.60. The second-order valence-electron chi connectivity index (χ2n) is 4.04. The van der Waals surface area contributed by atoms with Crippen LogP contribution >= 0.6 is 0 Å². The van der Waals surface area contributed by atoms with E-state index in [0.717, 1.165) is 0 Å². The molecule has 21 heavy (non-hydrogen) atoms. The van der Waals surface area contributed by atoms with E-state index in [1.54, 1.807) is 12.1 Å². The highest BCUT2D eigenvalue weighted by Gasteiger charge is 2.12. The van der Waals surface area contributed by atoms with Gasteiger partial charge in [-0.1, -0.05) is 12.1 Å². The maximum atomic E-state index is 10.8. The van der Waals surface area contributed by atoms with Gasteiger partial charge in [-0.15, -0.1) is 0 Å². The van der Waals surface area contributed by atoms with Crippen LogP contribution in [0.15, 0.2) is 24.3 Å². The van der Waals surface area contributed by atoms with Gasteiger partial charge < -0.3 is 10.1 Å². The highest BCUT2D eigenvalue weighted by atomic mass is 16.6. The van der Waals surface area contributed by atoms with E-state index in [1.165, 1.54) is 12.1 Å². The molecule has 0 atom stereocenters. The summed E-state index contributed by atoms with van der Waals surface area (Å²) in [6.07, 6.45) is 0. The number of nitro benzene ring substituents is 1. The standard InChI is InChI=1S/C13H15N5O3/c1-3-14-12-15-11(16-13(17-12)21-4-2)9-6-5-7-10(8-9)18(19)20/h5-8H,3-4H2,1-2H3,(H,14,15,16,17). The number of non-ortho nitro benzene ring substituents is 1. The molecule has 110 valence electrons. The minimum Gasteiger partial charge on any atom is -0.464 e. The number of hydrogen-bond acceptors (Lipinski definition) is 7. The lowest BCUT2D eigenvalue weighted by atomic mass is 10.2. The van der Waals surface area contributed by atoms with Crippen molar-refractivity contribution in [2.24, 2.45) is 0 Å². The molecule has 0 spiro atoms. The van der Waals surface area contributed by atoms with Crippen molar-refractivity contribution in [1.29, 1.82) is 0 Å². The fourth-order valence-corrected chi connectivity index (χ4v) is 1.67. The number of hydrogen-bond donors (Lipinski definition) is 1. The van der Waals surface area contributed by atoms with E-state index in [1.807, 2.05) is 13.8 Å². The fraction of sp³-hybridized carbons (Fsp3) is 0.308. The first-order chi connectivity index (χ1) is 10.1. The maximum Gasteiger partial charge on any atom is 0.321 e. The van der Waals surface area contributed by atoms with Crippen LogP contribution in [0.3, 0.4) is 0 Å². The van der Waals surface area contributed by atoms with Gasteiger partial charge in [-0.05, 0) is 13.8 Å². The van der Waals surface area contributed by atoms with Crippen LogP contribution in [0.1, 0.15) is 13.8 Å². The van der Waals surface area contributed by atoms with Crippen LogP contribution in [0.25, 0.3) is 11.4 Å². The molecule has 0 saturated heterocycles. The zero-order chi connectivity index (χ0) is 15.2. The molecule has 0 bridgehead atoms. The average molecular weight is 289 g/mol. The quantitative estimate of drug-likeness (QED) is 0.642. The van der Waals surface area contributed by atoms with Gasteiger partial charge in [0, 0.05) is 24.2 Å². The Morgan fingerprint density at radius 1 is 1.29 bits per heavy atom. The Labute approximate surface area is 121 Å². The molecule has 0 fully saturated rings. The predicted octanol–water partition coefficient (Wildman–Crippen LogP) is 2.28. The first-order valence-corrected chi connectivity index (χ1v) is 6.51. The fourth-order valence-electron chi connectivity index (χ4n) is 1.67. The number of ether oxygens (including phenoxy) is 1. The number of nitrogens with zero attached hydrogens (tertiary/aromatic N) is 4. The van der Waals surface area contributed by atoms with Crippen molar-refractivity contribution in [2.45, 2.75) is 13.8 Å². The first-order valence-electron chi connectivity index (χ1n) is 6.51. The zero-order valence-electron chi connectivity index (χ0n) is 11.7. The van der Waals surface area contributed by atoms with Crippen LogP contribution in [-0.2, 0) is 0 Å². The Hall–Kier alpha value is -2.77. The maximum absolute atomic E-state index is 10.8. The van der Waals surface area contributed by atoms with Gasteiger partial charge >= 0.3 is 6.01 Å². The lowest BCUT2D eigenvalue weighted by molar-refractivity contribution is -0.384. The van der Waals surface area contributed by atoms with Gasteiger partial charge in [0.15, 0.2) is 5.82 Å². The minimum absolute atomic E-state index is 0.0177. The topological polar surface area (TPSA) is 103 Å². The molecule has 0 aliphatic rings. The van der Waals surface area contributed by atoms with E-state index < -0.39 is 4.92 Å². The van der Waals surface area contributed by atoms with E-state index in [9.17, 15) is 10.1 Å². The van der Waals surface area contributed by atoms with Crippen LogP contribution in [0.5, 0.6) is 6.01 Å². The molecule has 0 amide bonds. The molecule has 0 saturated carbocycles. The average Bonchev–Trinajstić information content (AvgIpc) is 2.48. The van der Waals surface area contributed by atoms with Crippen molar-refractivity contribution in [3.05, 3.63) is 34.4 Å². The van der Waals surface area contributed by atoms with Crippen molar-refractivity contribution in [2.75, 3.05) is 18.5 Å². The minimum atomic E-state index is -0.459. The summed E-state index contributed by atoms with van der Waals surface area (Å²) in [7, 11) is 0. The number of nitro groups is 1. The molecule has 1 N–H and O–H groups in total. The van der Waals surface area contributed by atoms with Crippen LogP contribution in [0.4, 0.5) is 11.6 Å². The SMILES string of the molecule is CCNc1nc(OCC)nc(-c2cccc([N+](=O)[O-])c2)n1. The van der Waals surface area contributed by atoms with Gasteiger partial charge in [0.1, 0.15) is 0 Å². The summed E-state index contributed by atoms with van der Waals surface area (Å²) in [6.45, 7) is 4.80. The number of anilines is 1. The number of nitrogens with one attached hydrogen (secondary N) is 1. The summed E-state index contributed by atoms with van der Waals surface area (Å²) in [5.74, 6) is 0.700. The zero-order valence-corrected chi connectivity index (χ0v) is 11.7. The lowest BCUT2D eigenvalue weighted by Crippen LogP contribution is -2.07. The third-order valence-electron chi connectivity index (χ3n) is 2.54. The van der Waals surface area contributed by atoms with Crippen LogP contribution in [0.2, 0.25) is 0 Å². The van der Waals surface area contributed by atoms with Crippen LogP contribution in [-0.4, -0.2) is 33.0 Å². The second-order valence-corrected chi connectivity index (χ2v) is 4.04. The van der Waals surface area contributed by atoms with E-state index in [0.29, 0.717) is 30.5 Å². The molecule has 8 heteroatoms. The normalized spacial score (nSPS) is 10.2. The first kappa shape index (κ1) is 14.6. The Morgan fingerprint density at radius 2 is 2.10 bits per heavy atom. The summed E-state index contributed by atoms with van der Waals surface area (Å²) in [6, 6.07) is 6.31. The van der Waals surface area contributed by atoms with Gasteiger partial charge in [0.25, 0.3) is 5.69 Å². The van der Waals surface area contributed by atoms with Gasteiger partial charge in [-0.2, -0.15) is 15.0 Å². The van der Waals surface area contributed by atoms with Gasteiger partial charge in [-0.3, -0.25) is 10.1 Å². The number of benzene rings is 1. The van der Waals surface area contributed by atoms with E-state index in [2.05, 4.69) is 20.3 Å². The Bertz CT molecular complexity index is 623. The van der Waals surface area contributed by atoms with Crippen molar-refractivity contribution < 1.29 is 9.66 Å². The largest absolute Gasteiger partial charge is 0.464 e. The molecule has 0 unspecified atom stereocenters. The molecule has 0 aliphatic heterocycles. The summed E-state index contributed by atoms with van der Waals surface area (Å²) >= 11 is 0. The van der Waals surface area contributed by atoms with E-state index in [-0.39, 0.29) is 11.7 Å². The Balaban J connectivity index is 2.46. The van der Waals surface area contributed by atoms with Crippen LogP contribution < -0.4 is 10.1 Å². The molecule has 8 nitrogen and oxygen atoms in total. The molecule has 1 aromatic heterocycles. The molecular weight excluding hydrogens is 274 g/mol. The smallest absolute Gasteiger partial charge is 0.321 e. The van der Waals surface area contributed by atoms with Gasteiger partial charge in [-0.25, -0.2) is 0 Å². The molecular formula is C13H15N5O3. The van der Waals surface area contributed by atoms with Crippen molar-refractivity contribution in [3.8, 4) is 17.4 Å². The summed E-state index contributed by atoms with van der Waals surface area (Å²) in [5, 5.41) is 13.8. The van der Waals surface area contributed by atoms with Crippen molar-refractivity contribution in [1.82, 2.24) is 15.0 Å². The summed E-state index contributed by atoms with van der Waals surface area (Å²) in [5.41, 5.74) is 0.516. The van der Waals surface area contributed by atoms with Crippen LogP contribution in [0, 0.1) is 10.1 Å². The molecule has 2 rings (SSSR count). The molecule has 0 radical (unpaired) electrons. The van der Waals surface area contributed by atoms with Crippen molar-refractivity contribution in [3.63, 3.8) is 0 Å². The Morgan fingerprint density at radius 3 is 2.76 bits per heavy atom. The predicted molar refractivity (Wildman–Crippen MR) is 77.3 cm³/mol. The third kappa shape index (κ3) is 3.62. The summed E-state index contributed by atoms with van der Waals surface area (Å²) in [4.78, 5) is 22.9. The molecule has 0 aliphatic carbocycles. The lowest BCUT2D eigenvalue weighted by Gasteiger charge is -2.07. The monoisotopic (exact) mass is 289 g/mol. The van der Waals surface area contributed by atoms with E-state index in [4.69, 9.17) is 4.74 Å². The number of aromatic nitrogens is 3. The van der Waals surface area contributed by atoms with Crippen molar-refractivity contribution >= 4 is 11.6 Å². The third-order valence-corrected chi connectivity index (χ3v) is 2.54. The molecule has 2 aromatic rings. The Kier molecular flexibility index (Phi) is 4.60.